The molecular formula is C14H10ClF2N3. The number of fused-ring (bicyclic) bond motifs is 1. The Morgan fingerprint density at radius 1 is 1.15 bits per heavy atom. The highest BCUT2D eigenvalue weighted by Crippen LogP contribution is 2.22. The molecule has 0 aliphatic carbocycles. The Labute approximate surface area is 118 Å². The molecule has 0 unspecified atom stereocenters. The minimum atomic E-state index is -0.632. The maximum absolute atomic E-state index is 13.4. The molecule has 102 valence electrons. The predicted octanol–water partition coefficient (Wildman–Crippen LogP) is 3.48. The Morgan fingerprint density at radius 2 is 1.90 bits per heavy atom. The molecule has 0 amide bonds. The first-order valence-electron chi connectivity index (χ1n) is 6.03. The smallest absolute Gasteiger partial charge is 0.128 e. The molecule has 0 aliphatic heterocycles. The van der Waals surface area contributed by atoms with Crippen LogP contribution in [0.15, 0.2) is 36.7 Å². The summed E-state index contributed by atoms with van der Waals surface area (Å²) < 4.78 is 28.6. The van der Waals surface area contributed by atoms with E-state index in [1.54, 1.807) is 23.0 Å². The number of hydrogen-bond donors (Lipinski definition) is 0. The molecule has 3 rings (SSSR count). The van der Waals surface area contributed by atoms with E-state index in [-0.39, 0.29) is 0 Å². The second kappa shape index (κ2) is 5.17. The zero-order valence-corrected chi connectivity index (χ0v) is 11.1. The van der Waals surface area contributed by atoms with Gasteiger partial charge in [-0.05, 0) is 18.2 Å². The fourth-order valence-corrected chi connectivity index (χ4v) is 2.36. The molecule has 3 aromatic rings. The van der Waals surface area contributed by atoms with Crippen molar-refractivity contribution in [3.8, 4) is 5.69 Å². The van der Waals surface area contributed by atoms with Gasteiger partial charge in [0.15, 0.2) is 0 Å². The second-order valence-corrected chi connectivity index (χ2v) is 4.67. The lowest BCUT2D eigenvalue weighted by Crippen LogP contribution is -2.03. The lowest BCUT2D eigenvalue weighted by Gasteiger charge is -2.09. The van der Waals surface area contributed by atoms with E-state index in [0.717, 1.165) is 11.6 Å². The molecule has 20 heavy (non-hydrogen) atoms. The van der Waals surface area contributed by atoms with E-state index >= 15 is 0 Å². The molecule has 0 fully saturated rings. The van der Waals surface area contributed by atoms with Crippen LogP contribution in [0.3, 0.4) is 0 Å². The van der Waals surface area contributed by atoms with E-state index in [2.05, 4.69) is 9.97 Å². The van der Waals surface area contributed by atoms with Gasteiger partial charge >= 0.3 is 0 Å². The molecule has 0 saturated heterocycles. The Hall–Kier alpha value is -2.01. The molecule has 0 saturated carbocycles. The van der Waals surface area contributed by atoms with Crippen LogP contribution in [0.4, 0.5) is 8.78 Å². The molecule has 2 aromatic heterocycles. The molecule has 0 bridgehead atoms. The van der Waals surface area contributed by atoms with Gasteiger partial charge in [0.2, 0.25) is 0 Å². The van der Waals surface area contributed by atoms with Gasteiger partial charge in [0.05, 0.1) is 17.4 Å². The van der Waals surface area contributed by atoms with Crippen LogP contribution in [-0.4, -0.2) is 20.4 Å². The summed E-state index contributed by atoms with van der Waals surface area (Å²) in [7, 11) is 0. The van der Waals surface area contributed by atoms with Gasteiger partial charge in [-0.1, -0.05) is 0 Å². The number of rotatable bonds is 3. The minimum Gasteiger partial charge on any atom is -0.296 e. The number of aryl methyl sites for hydroxylation is 1. The highest BCUT2D eigenvalue weighted by Gasteiger charge is 2.13. The van der Waals surface area contributed by atoms with Crippen LogP contribution in [0.1, 0.15) is 5.82 Å². The molecule has 2 heterocycles. The van der Waals surface area contributed by atoms with E-state index in [0.29, 0.717) is 29.3 Å². The molecule has 1 aromatic carbocycles. The summed E-state index contributed by atoms with van der Waals surface area (Å²) in [5.74, 6) is -0.248. The lowest BCUT2D eigenvalue weighted by molar-refractivity contribution is 0.581. The third-order valence-electron chi connectivity index (χ3n) is 2.95. The zero-order valence-electron chi connectivity index (χ0n) is 10.4. The summed E-state index contributed by atoms with van der Waals surface area (Å²) in [6, 6.07) is 5.12. The van der Waals surface area contributed by atoms with E-state index in [4.69, 9.17) is 11.6 Å². The summed E-state index contributed by atoms with van der Waals surface area (Å²) in [5.41, 5.74) is 1.79. The SMILES string of the molecule is Fc1cc(F)cc(-n2c(CCCl)nc3cnccc32)c1. The van der Waals surface area contributed by atoms with Gasteiger partial charge in [-0.25, -0.2) is 13.8 Å². The monoisotopic (exact) mass is 293 g/mol. The largest absolute Gasteiger partial charge is 0.296 e. The molecule has 0 N–H and O–H groups in total. The van der Waals surface area contributed by atoms with Crippen LogP contribution in [0.2, 0.25) is 0 Å². The Kier molecular flexibility index (Phi) is 3.36. The van der Waals surface area contributed by atoms with Gasteiger partial charge in [0, 0.05) is 24.6 Å². The maximum Gasteiger partial charge on any atom is 0.128 e. The highest BCUT2D eigenvalue weighted by atomic mass is 35.5. The van der Waals surface area contributed by atoms with Crippen LogP contribution in [0.5, 0.6) is 0 Å². The van der Waals surface area contributed by atoms with Crippen molar-refractivity contribution in [2.75, 3.05) is 5.88 Å². The summed E-state index contributed by atoms with van der Waals surface area (Å²) in [6.07, 6.45) is 3.72. The van der Waals surface area contributed by atoms with Gasteiger partial charge in [-0.3, -0.25) is 9.55 Å². The summed E-state index contributed by atoms with van der Waals surface area (Å²) in [6.45, 7) is 0. The van der Waals surface area contributed by atoms with Gasteiger partial charge in [0.25, 0.3) is 0 Å². The van der Waals surface area contributed by atoms with Gasteiger partial charge < -0.3 is 0 Å². The van der Waals surface area contributed by atoms with Crippen molar-refractivity contribution in [1.29, 1.82) is 0 Å². The first-order valence-corrected chi connectivity index (χ1v) is 6.56. The zero-order chi connectivity index (χ0) is 14.1. The Balaban J connectivity index is 2.29. The van der Waals surface area contributed by atoms with Crippen LogP contribution < -0.4 is 0 Å². The third-order valence-corrected chi connectivity index (χ3v) is 3.14. The molecular weight excluding hydrogens is 284 g/mol. The van der Waals surface area contributed by atoms with Crippen molar-refractivity contribution in [3.05, 3.63) is 54.1 Å². The Morgan fingerprint density at radius 3 is 2.60 bits per heavy atom. The standard InChI is InChI=1S/C14H10ClF2N3/c15-3-1-14-19-12-8-18-4-2-13(12)20(14)11-6-9(16)5-10(17)7-11/h2,4-8H,1,3H2. The first-order chi connectivity index (χ1) is 9.69. The van der Waals surface area contributed by atoms with E-state index < -0.39 is 11.6 Å². The molecule has 0 atom stereocenters. The molecule has 0 radical (unpaired) electrons. The molecule has 6 heteroatoms. The lowest BCUT2D eigenvalue weighted by atomic mass is 10.2. The van der Waals surface area contributed by atoms with Crippen molar-refractivity contribution in [2.45, 2.75) is 6.42 Å². The van der Waals surface area contributed by atoms with Crippen LogP contribution in [-0.2, 0) is 6.42 Å². The number of benzene rings is 1. The molecule has 3 nitrogen and oxygen atoms in total. The average Bonchev–Trinajstić information content (AvgIpc) is 2.76. The number of alkyl halides is 1. The second-order valence-electron chi connectivity index (χ2n) is 4.29. The van der Waals surface area contributed by atoms with E-state index in [9.17, 15) is 8.78 Å². The fraction of sp³-hybridized carbons (Fsp3) is 0.143. The summed E-state index contributed by atoms with van der Waals surface area (Å²) >= 11 is 5.77. The minimum absolute atomic E-state index is 0.370. The number of hydrogen-bond acceptors (Lipinski definition) is 2. The number of nitrogens with zero attached hydrogens (tertiary/aromatic N) is 3. The average molecular weight is 294 g/mol. The highest BCUT2D eigenvalue weighted by molar-refractivity contribution is 6.17. The Bertz CT molecular complexity index is 750. The third kappa shape index (κ3) is 2.25. The van der Waals surface area contributed by atoms with E-state index in [1.165, 1.54) is 12.1 Å². The van der Waals surface area contributed by atoms with Gasteiger partial charge in [-0.2, -0.15) is 0 Å². The van der Waals surface area contributed by atoms with Gasteiger partial charge in [0.1, 0.15) is 23.0 Å². The van der Waals surface area contributed by atoms with Crippen molar-refractivity contribution < 1.29 is 8.78 Å². The van der Waals surface area contributed by atoms with Crippen LogP contribution in [0.25, 0.3) is 16.7 Å². The van der Waals surface area contributed by atoms with Crippen molar-refractivity contribution in [1.82, 2.24) is 14.5 Å². The van der Waals surface area contributed by atoms with Crippen LogP contribution in [0, 0.1) is 11.6 Å². The number of pyridine rings is 1. The summed E-state index contributed by atoms with van der Waals surface area (Å²) in [5, 5.41) is 0. The van der Waals surface area contributed by atoms with E-state index in [1.807, 2.05) is 0 Å². The maximum atomic E-state index is 13.4. The van der Waals surface area contributed by atoms with Crippen molar-refractivity contribution in [2.24, 2.45) is 0 Å². The normalized spacial score (nSPS) is 11.2. The first kappa shape index (κ1) is 13.0. The van der Waals surface area contributed by atoms with Crippen LogP contribution >= 0.6 is 11.6 Å². The predicted molar refractivity (Wildman–Crippen MR) is 73.2 cm³/mol. The topological polar surface area (TPSA) is 30.7 Å². The van der Waals surface area contributed by atoms with Crippen molar-refractivity contribution >= 4 is 22.6 Å². The summed E-state index contributed by atoms with van der Waals surface area (Å²) in [4.78, 5) is 8.41. The molecule has 0 spiro atoms. The number of imidazole rings is 1. The fourth-order valence-electron chi connectivity index (χ4n) is 2.19. The molecule has 0 aliphatic rings. The van der Waals surface area contributed by atoms with Gasteiger partial charge in [-0.15, -0.1) is 11.6 Å². The number of halogens is 3. The van der Waals surface area contributed by atoms with Crippen molar-refractivity contribution in [3.63, 3.8) is 0 Å². The quantitative estimate of drug-likeness (QED) is 0.692. The number of aromatic nitrogens is 3.